The Balaban J connectivity index is 2.70. The van der Waals surface area contributed by atoms with Gasteiger partial charge >= 0.3 is 0 Å². The molecule has 0 aromatic rings. The van der Waals surface area contributed by atoms with Crippen molar-refractivity contribution in [1.29, 1.82) is 0 Å². The van der Waals surface area contributed by atoms with Gasteiger partial charge in [0.25, 0.3) is 5.91 Å². The molecule has 1 rings (SSSR count). The molecular weight excluding hydrogens is 225 g/mol. The maximum absolute atomic E-state index is 11.5. The molecule has 0 radical (unpaired) electrons. The van der Waals surface area contributed by atoms with E-state index in [-0.39, 0.29) is 14.4 Å². The zero-order valence-corrected chi connectivity index (χ0v) is 9.55. The van der Waals surface area contributed by atoms with Crippen molar-refractivity contribution in [2.75, 3.05) is 12.7 Å². The lowest BCUT2D eigenvalue weighted by Crippen LogP contribution is -2.29. The first-order chi connectivity index (χ1) is 6.20. The average Bonchev–Trinajstić information content (AvgIpc) is 2.39. The van der Waals surface area contributed by atoms with E-state index in [0.29, 0.717) is 21.9 Å². The van der Waals surface area contributed by atoms with Gasteiger partial charge in [0, 0.05) is 12.7 Å². The summed E-state index contributed by atoms with van der Waals surface area (Å²) in [6.07, 6.45) is 2.18. The van der Waals surface area contributed by atoms with Gasteiger partial charge < -0.3 is 0 Å². The Hall–Kier alpha value is -0.250. The van der Waals surface area contributed by atoms with Gasteiger partial charge in [0.05, 0.1) is 4.91 Å². The molecule has 0 bridgehead atoms. The minimum Gasteiger partial charge on any atom is -0.292 e. The van der Waals surface area contributed by atoms with Crippen molar-refractivity contribution < 1.29 is 9.36 Å². The molecule has 1 fully saturated rings. The smallest absolute Gasteiger partial charge is 0.265 e. The van der Waals surface area contributed by atoms with E-state index in [4.69, 9.17) is 12.2 Å². The van der Waals surface area contributed by atoms with Gasteiger partial charge in [-0.1, -0.05) is 30.1 Å². The quantitative estimate of drug-likeness (QED) is 0.424. The molecule has 0 N–H and O–H groups in total. The van der Waals surface area contributed by atoms with Gasteiger partial charge in [0.2, 0.25) is 0 Å². The van der Waals surface area contributed by atoms with E-state index in [0.717, 1.165) is 0 Å². The molecule has 6 heteroatoms. The molecule has 1 aliphatic rings. The van der Waals surface area contributed by atoms with Crippen molar-refractivity contribution in [3.05, 3.63) is 11.0 Å². The van der Waals surface area contributed by atoms with Crippen LogP contribution in [0.5, 0.6) is 0 Å². The number of hydrogen-bond acceptors (Lipinski definition) is 4. The fourth-order valence-electron chi connectivity index (χ4n) is 0.925. The van der Waals surface area contributed by atoms with E-state index in [9.17, 15) is 9.36 Å². The van der Waals surface area contributed by atoms with Crippen molar-refractivity contribution in [3.63, 3.8) is 0 Å². The molecule has 0 aromatic heterocycles. The number of rotatable bonds is 3. The summed E-state index contributed by atoms with van der Waals surface area (Å²) < 4.78 is 10.8. The van der Waals surface area contributed by atoms with Crippen LogP contribution in [0.4, 0.5) is 0 Å². The summed E-state index contributed by atoms with van der Waals surface area (Å²) >= 11 is 6.29. The number of allylic oxidation sites excluding steroid dienone is 1. The molecule has 13 heavy (non-hydrogen) atoms. The minimum atomic E-state index is -0.0684. The molecule has 0 aliphatic carbocycles. The number of nitrogens with zero attached hydrogens (tertiary/aromatic N) is 1. The monoisotopic (exact) mass is 233 g/mol. The first-order valence-corrected chi connectivity index (χ1v) is 5.92. The normalized spacial score (nSPS) is 20.7. The zero-order chi connectivity index (χ0) is 9.84. The van der Waals surface area contributed by atoms with Crippen LogP contribution in [0.25, 0.3) is 0 Å². The van der Waals surface area contributed by atoms with Crippen LogP contribution in [0.1, 0.15) is 6.92 Å². The third-order valence-electron chi connectivity index (χ3n) is 1.55. The van der Waals surface area contributed by atoms with Crippen molar-refractivity contribution in [2.45, 2.75) is 6.92 Å². The second kappa shape index (κ2) is 4.84. The predicted molar refractivity (Wildman–Crippen MR) is 58.1 cm³/mol. The van der Waals surface area contributed by atoms with Crippen molar-refractivity contribution >= 4 is 42.7 Å². The topological polar surface area (TPSA) is 37.4 Å². The third-order valence-corrected chi connectivity index (χ3v) is 3.43. The van der Waals surface area contributed by atoms with Gasteiger partial charge in [-0.2, -0.15) is 0 Å². The molecule has 70 valence electrons. The Morgan fingerprint density at radius 3 is 2.85 bits per heavy atom. The number of carbonyl (C=O) groups is 1. The van der Waals surface area contributed by atoms with E-state index in [1.165, 1.54) is 16.7 Å². The molecule has 1 heterocycles. The summed E-state index contributed by atoms with van der Waals surface area (Å²) in [7, 11) is 0.0467. The van der Waals surface area contributed by atoms with Gasteiger partial charge in [-0.3, -0.25) is 14.3 Å². The molecule has 1 amide bonds. The Morgan fingerprint density at radius 1 is 1.69 bits per heavy atom. The maximum Gasteiger partial charge on any atom is 0.265 e. The lowest BCUT2D eigenvalue weighted by molar-refractivity contribution is -0.122. The predicted octanol–water partition coefficient (Wildman–Crippen LogP) is 2.04. The van der Waals surface area contributed by atoms with E-state index in [1.807, 2.05) is 0 Å². The van der Waals surface area contributed by atoms with E-state index in [2.05, 4.69) is 0 Å². The molecule has 1 saturated heterocycles. The van der Waals surface area contributed by atoms with E-state index in [1.54, 1.807) is 13.0 Å². The molecule has 0 saturated carbocycles. The molecule has 0 aromatic carbocycles. The van der Waals surface area contributed by atoms with Crippen LogP contribution < -0.4 is 0 Å². The third kappa shape index (κ3) is 2.36. The molecular formula is C7H8NO2PS2. The van der Waals surface area contributed by atoms with Gasteiger partial charge in [0.15, 0.2) is 8.46 Å². The fourth-order valence-corrected chi connectivity index (χ4v) is 2.44. The average molecular weight is 233 g/mol. The highest BCUT2D eigenvalue weighted by atomic mass is 32.2. The van der Waals surface area contributed by atoms with Crippen molar-refractivity contribution in [3.8, 4) is 0 Å². The molecule has 0 spiro atoms. The molecule has 0 atom stereocenters. The number of amides is 1. The fraction of sp³-hybridized carbons (Fsp3) is 0.429. The van der Waals surface area contributed by atoms with Gasteiger partial charge in [0.1, 0.15) is 4.32 Å². The van der Waals surface area contributed by atoms with Gasteiger partial charge in [-0.05, 0) is 6.92 Å². The lowest BCUT2D eigenvalue weighted by Gasteiger charge is -2.11. The first-order valence-electron chi connectivity index (χ1n) is 3.69. The summed E-state index contributed by atoms with van der Waals surface area (Å²) in [4.78, 5) is 13.6. The minimum absolute atomic E-state index is 0.0467. The van der Waals surface area contributed by atoms with Crippen LogP contribution in [0.2, 0.25) is 0 Å². The lowest BCUT2D eigenvalue weighted by atomic mass is 10.4. The second-order valence-electron chi connectivity index (χ2n) is 2.33. The Kier molecular flexibility index (Phi) is 4.03. The molecule has 1 aliphatic heterocycles. The van der Waals surface area contributed by atoms with Gasteiger partial charge in [-0.25, -0.2) is 0 Å². The number of thiocarbonyl (C=S) groups is 1. The zero-order valence-electron chi connectivity index (χ0n) is 7.02. The number of carbonyl (C=O) groups excluding carboxylic acids is 1. The largest absolute Gasteiger partial charge is 0.292 e. The van der Waals surface area contributed by atoms with Crippen LogP contribution >= 0.6 is 32.4 Å². The Morgan fingerprint density at radius 2 is 2.38 bits per heavy atom. The Labute approximate surface area is 87.8 Å². The maximum atomic E-state index is 11.5. The first kappa shape index (κ1) is 10.8. The molecule has 3 nitrogen and oxygen atoms in total. The van der Waals surface area contributed by atoms with Crippen molar-refractivity contribution in [2.24, 2.45) is 0 Å². The highest BCUT2D eigenvalue weighted by molar-refractivity contribution is 8.26. The standard InChI is InChI=1S/C7H8NO2PS2/c1-2-5-6(9)8(3-4-11-10)7(12)13-5/h2H,3-4H2,1H3. The van der Waals surface area contributed by atoms with Crippen LogP contribution in [0, 0.1) is 0 Å². The van der Waals surface area contributed by atoms with E-state index >= 15 is 0 Å². The van der Waals surface area contributed by atoms with Gasteiger partial charge in [-0.15, -0.1) is 0 Å². The SMILES string of the molecule is CC=C1SC(=S)N(CCP=O)C1=O. The highest BCUT2D eigenvalue weighted by Gasteiger charge is 2.30. The van der Waals surface area contributed by atoms with Crippen LogP contribution in [0.3, 0.4) is 0 Å². The Bertz CT molecular complexity index is 290. The summed E-state index contributed by atoms with van der Waals surface area (Å²) in [6, 6.07) is 0. The molecule has 0 unspecified atom stereocenters. The summed E-state index contributed by atoms with van der Waals surface area (Å²) in [5.74, 6) is -0.0684. The van der Waals surface area contributed by atoms with E-state index < -0.39 is 0 Å². The van der Waals surface area contributed by atoms with Crippen LogP contribution in [-0.2, 0) is 9.36 Å². The number of hydrogen-bond donors (Lipinski definition) is 0. The summed E-state index contributed by atoms with van der Waals surface area (Å²) in [5, 5.41) is 0. The van der Waals surface area contributed by atoms with Crippen LogP contribution in [-0.4, -0.2) is 27.8 Å². The van der Waals surface area contributed by atoms with Crippen LogP contribution in [0.15, 0.2) is 11.0 Å². The second-order valence-corrected chi connectivity index (χ2v) is 4.71. The summed E-state index contributed by atoms with van der Waals surface area (Å²) in [6.45, 7) is 2.24. The summed E-state index contributed by atoms with van der Waals surface area (Å²) in [5.41, 5.74) is 0. The highest BCUT2D eigenvalue weighted by Crippen LogP contribution is 2.30. The number of thioether (sulfide) groups is 1. The van der Waals surface area contributed by atoms with Crippen molar-refractivity contribution in [1.82, 2.24) is 4.90 Å².